The molecule has 1 aliphatic rings. The fraction of sp³-hybridized carbons (Fsp3) is 0.176. The van der Waals surface area contributed by atoms with Crippen LogP contribution in [0.25, 0.3) is 0 Å². The van der Waals surface area contributed by atoms with Gasteiger partial charge in [-0.1, -0.05) is 36.4 Å². The monoisotopic (exact) mass is 312 g/mol. The maximum atomic E-state index is 12.5. The number of hydrogen-bond acceptors (Lipinski definition) is 3. The Morgan fingerprint density at radius 1 is 1.00 bits per heavy atom. The van der Waals surface area contributed by atoms with Crippen LogP contribution >= 0.6 is 11.8 Å². The van der Waals surface area contributed by atoms with Crippen molar-refractivity contribution in [3.05, 3.63) is 66.2 Å². The number of thioether (sulfide) groups is 1. The van der Waals surface area contributed by atoms with Gasteiger partial charge in [-0.25, -0.2) is 0 Å². The summed E-state index contributed by atoms with van der Waals surface area (Å²) in [6, 6.07) is 17.9. The molecular formula is C17H16N2O2S. The first-order chi connectivity index (χ1) is 10.8. The van der Waals surface area contributed by atoms with Crippen LogP contribution in [0.15, 0.2) is 60.7 Å². The van der Waals surface area contributed by atoms with E-state index in [1.165, 1.54) is 0 Å². The number of hydrogen-bond donors (Lipinski definition) is 1. The van der Waals surface area contributed by atoms with E-state index in [0.29, 0.717) is 17.2 Å². The molecule has 0 aromatic heterocycles. The minimum Gasteiger partial charge on any atom is -0.324 e. The summed E-state index contributed by atoms with van der Waals surface area (Å²) in [7, 11) is 0. The van der Waals surface area contributed by atoms with Gasteiger partial charge in [0.1, 0.15) is 6.04 Å². The predicted molar refractivity (Wildman–Crippen MR) is 88.8 cm³/mol. The topological polar surface area (TPSA) is 49.4 Å². The molecule has 0 spiro atoms. The summed E-state index contributed by atoms with van der Waals surface area (Å²) >= 11 is 1.60. The van der Waals surface area contributed by atoms with Crippen LogP contribution in [0.1, 0.15) is 10.4 Å². The zero-order chi connectivity index (χ0) is 15.4. The molecule has 22 heavy (non-hydrogen) atoms. The summed E-state index contributed by atoms with van der Waals surface area (Å²) < 4.78 is 0. The number of carbonyl (C=O) groups excluding carboxylic acids is 2. The Bertz CT molecular complexity index is 661. The summed E-state index contributed by atoms with van der Waals surface area (Å²) in [5.41, 5.74) is 1.36. The molecule has 1 saturated heterocycles. The molecule has 2 aromatic carbocycles. The molecule has 1 heterocycles. The third kappa shape index (κ3) is 3.14. The largest absolute Gasteiger partial charge is 0.324 e. The summed E-state index contributed by atoms with van der Waals surface area (Å²) in [6.07, 6.45) is 0. The van der Waals surface area contributed by atoms with Crippen molar-refractivity contribution in [2.24, 2.45) is 0 Å². The number of para-hydroxylation sites is 1. The van der Waals surface area contributed by atoms with Crippen LogP contribution in [0.2, 0.25) is 0 Å². The number of rotatable bonds is 3. The molecule has 3 rings (SSSR count). The van der Waals surface area contributed by atoms with Gasteiger partial charge in [0.2, 0.25) is 5.91 Å². The minimum absolute atomic E-state index is 0.0983. The smallest absolute Gasteiger partial charge is 0.255 e. The maximum absolute atomic E-state index is 12.5. The highest BCUT2D eigenvalue weighted by Crippen LogP contribution is 2.24. The van der Waals surface area contributed by atoms with Gasteiger partial charge < -0.3 is 10.2 Å². The van der Waals surface area contributed by atoms with Crippen molar-refractivity contribution in [1.82, 2.24) is 4.90 Å². The lowest BCUT2D eigenvalue weighted by atomic mass is 10.1. The average Bonchev–Trinajstić information content (AvgIpc) is 3.05. The molecule has 1 atom stereocenters. The second kappa shape index (κ2) is 6.66. The van der Waals surface area contributed by atoms with E-state index in [0.717, 1.165) is 5.69 Å². The fourth-order valence-corrected chi connectivity index (χ4v) is 3.51. The van der Waals surface area contributed by atoms with Gasteiger partial charge in [0.15, 0.2) is 0 Å². The Labute approximate surface area is 133 Å². The molecule has 2 amide bonds. The third-order valence-electron chi connectivity index (χ3n) is 3.51. The van der Waals surface area contributed by atoms with Crippen LogP contribution in [0.3, 0.4) is 0 Å². The zero-order valence-electron chi connectivity index (χ0n) is 11.9. The van der Waals surface area contributed by atoms with Gasteiger partial charge in [-0.15, -0.1) is 11.8 Å². The number of benzene rings is 2. The number of nitrogens with one attached hydrogen (secondary N) is 1. The molecule has 5 heteroatoms. The highest BCUT2D eigenvalue weighted by molar-refractivity contribution is 7.99. The van der Waals surface area contributed by atoms with Crippen LogP contribution in [-0.4, -0.2) is 34.4 Å². The molecule has 1 fully saturated rings. The Balaban J connectivity index is 1.73. The molecule has 1 aliphatic heterocycles. The second-order valence-corrected chi connectivity index (χ2v) is 6.01. The van der Waals surface area contributed by atoms with Gasteiger partial charge in [-0.2, -0.15) is 0 Å². The first-order valence-electron chi connectivity index (χ1n) is 7.05. The van der Waals surface area contributed by atoms with Gasteiger partial charge in [-0.05, 0) is 24.3 Å². The summed E-state index contributed by atoms with van der Waals surface area (Å²) in [5, 5.41) is 2.87. The third-order valence-corrected chi connectivity index (χ3v) is 4.52. The zero-order valence-corrected chi connectivity index (χ0v) is 12.8. The van der Waals surface area contributed by atoms with Gasteiger partial charge in [-0.3, -0.25) is 9.59 Å². The van der Waals surface area contributed by atoms with Crippen LogP contribution in [-0.2, 0) is 4.79 Å². The summed E-state index contributed by atoms with van der Waals surface area (Å²) in [6.45, 7) is 0. The molecule has 112 valence electrons. The standard InChI is InChI=1S/C17H16N2O2S/c20-16(18-14-9-5-2-6-10-14)15-11-22-12-19(15)17(21)13-7-3-1-4-8-13/h1-10,15H,11-12H2,(H,18,20)/t15-/m0/s1. The number of anilines is 1. The summed E-state index contributed by atoms with van der Waals surface area (Å²) in [5.74, 6) is 0.928. The predicted octanol–water partition coefficient (Wildman–Crippen LogP) is 2.84. The van der Waals surface area contributed by atoms with Crippen molar-refractivity contribution in [3.8, 4) is 0 Å². The lowest BCUT2D eigenvalue weighted by Crippen LogP contribution is -2.44. The molecule has 1 N–H and O–H groups in total. The number of carbonyl (C=O) groups is 2. The first kappa shape index (κ1) is 14.7. The van der Waals surface area contributed by atoms with Crippen LogP contribution < -0.4 is 5.32 Å². The molecule has 2 aromatic rings. The van der Waals surface area contributed by atoms with E-state index in [2.05, 4.69) is 5.32 Å². The lowest BCUT2D eigenvalue weighted by Gasteiger charge is -2.23. The Kier molecular flexibility index (Phi) is 4.44. The Hall–Kier alpha value is -2.27. The second-order valence-electron chi connectivity index (χ2n) is 5.01. The number of amides is 2. The van der Waals surface area contributed by atoms with E-state index < -0.39 is 6.04 Å². The summed E-state index contributed by atoms with van der Waals surface area (Å²) in [4.78, 5) is 26.6. The SMILES string of the molecule is O=C(Nc1ccccc1)[C@@H]1CSCN1C(=O)c1ccccc1. The number of nitrogens with zero attached hydrogens (tertiary/aromatic N) is 1. The van der Waals surface area contributed by atoms with Gasteiger partial charge in [0.25, 0.3) is 5.91 Å². The molecule has 0 saturated carbocycles. The van der Waals surface area contributed by atoms with E-state index in [1.54, 1.807) is 28.8 Å². The lowest BCUT2D eigenvalue weighted by molar-refractivity contribution is -0.119. The quantitative estimate of drug-likeness (QED) is 0.948. The normalized spacial score (nSPS) is 17.3. The molecule has 0 bridgehead atoms. The van der Waals surface area contributed by atoms with Gasteiger partial charge in [0, 0.05) is 17.0 Å². The van der Waals surface area contributed by atoms with Crippen molar-refractivity contribution >= 4 is 29.3 Å². The van der Waals surface area contributed by atoms with Gasteiger partial charge >= 0.3 is 0 Å². The molecule has 0 unspecified atom stereocenters. The van der Waals surface area contributed by atoms with E-state index in [4.69, 9.17) is 0 Å². The molecular weight excluding hydrogens is 296 g/mol. The van der Waals surface area contributed by atoms with Gasteiger partial charge in [0.05, 0.1) is 5.88 Å². The van der Waals surface area contributed by atoms with Crippen LogP contribution in [0.5, 0.6) is 0 Å². The fourth-order valence-electron chi connectivity index (χ4n) is 2.35. The van der Waals surface area contributed by atoms with E-state index in [1.807, 2.05) is 48.5 Å². The van der Waals surface area contributed by atoms with Crippen molar-refractivity contribution in [3.63, 3.8) is 0 Å². The van der Waals surface area contributed by atoms with Crippen molar-refractivity contribution < 1.29 is 9.59 Å². The van der Waals surface area contributed by atoms with Crippen LogP contribution in [0.4, 0.5) is 5.69 Å². The average molecular weight is 312 g/mol. The first-order valence-corrected chi connectivity index (χ1v) is 8.21. The molecule has 4 nitrogen and oxygen atoms in total. The van der Waals surface area contributed by atoms with E-state index in [9.17, 15) is 9.59 Å². The van der Waals surface area contributed by atoms with Crippen molar-refractivity contribution in [1.29, 1.82) is 0 Å². The van der Waals surface area contributed by atoms with Crippen molar-refractivity contribution in [2.45, 2.75) is 6.04 Å². The van der Waals surface area contributed by atoms with E-state index in [-0.39, 0.29) is 11.8 Å². The van der Waals surface area contributed by atoms with Crippen LogP contribution in [0, 0.1) is 0 Å². The molecule has 0 aliphatic carbocycles. The molecule has 0 radical (unpaired) electrons. The highest BCUT2D eigenvalue weighted by atomic mass is 32.2. The van der Waals surface area contributed by atoms with E-state index >= 15 is 0 Å². The maximum Gasteiger partial charge on any atom is 0.255 e. The highest BCUT2D eigenvalue weighted by Gasteiger charge is 2.35. The Morgan fingerprint density at radius 2 is 1.64 bits per heavy atom. The minimum atomic E-state index is -0.432. The van der Waals surface area contributed by atoms with Crippen molar-refractivity contribution in [2.75, 3.05) is 16.9 Å². The Morgan fingerprint density at radius 3 is 2.32 bits per heavy atom.